The van der Waals surface area contributed by atoms with Crippen molar-refractivity contribution in [3.63, 3.8) is 0 Å². The third-order valence-electron chi connectivity index (χ3n) is 3.70. The van der Waals surface area contributed by atoms with Gasteiger partial charge in [0.15, 0.2) is 0 Å². The molecule has 2 aliphatic rings. The Morgan fingerprint density at radius 1 is 1.24 bits per heavy atom. The first-order valence-corrected chi connectivity index (χ1v) is 6.41. The van der Waals surface area contributed by atoms with Gasteiger partial charge >= 0.3 is 0 Å². The van der Waals surface area contributed by atoms with Crippen LogP contribution in [-0.2, 0) is 15.9 Å². The van der Waals surface area contributed by atoms with Crippen molar-refractivity contribution in [3.05, 3.63) is 35.4 Å². The van der Waals surface area contributed by atoms with Gasteiger partial charge in [-0.1, -0.05) is 24.3 Å². The molecule has 0 radical (unpaired) electrons. The second-order valence-electron chi connectivity index (χ2n) is 4.86. The average molecular weight is 233 g/mol. The number of rotatable bonds is 4. The lowest BCUT2D eigenvalue weighted by atomic mass is 9.77. The zero-order valence-electron chi connectivity index (χ0n) is 10.0. The maximum Gasteiger partial charge on any atom is 0.147 e. The van der Waals surface area contributed by atoms with Gasteiger partial charge in [-0.25, -0.2) is 0 Å². The van der Waals surface area contributed by atoms with Crippen LogP contribution in [-0.4, -0.2) is 32.6 Å². The Morgan fingerprint density at radius 2 is 2.18 bits per heavy atom. The van der Waals surface area contributed by atoms with Crippen LogP contribution in [0.15, 0.2) is 24.3 Å². The molecule has 1 fully saturated rings. The van der Waals surface area contributed by atoms with E-state index in [-0.39, 0.29) is 0 Å². The van der Waals surface area contributed by atoms with Crippen molar-refractivity contribution in [3.8, 4) is 0 Å². The summed E-state index contributed by atoms with van der Waals surface area (Å²) in [5.74, 6) is 0.700. The van der Waals surface area contributed by atoms with Gasteiger partial charge in [0, 0.05) is 19.0 Å². The summed E-state index contributed by atoms with van der Waals surface area (Å²) in [6, 6.07) is 8.73. The Hall–Kier alpha value is -0.900. The summed E-state index contributed by atoms with van der Waals surface area (Å²) in [6.07, 6.45) is 2.56. The van der Waals surface area contributed by atoms with Gasteiger partial charge in [-0.3, -0.25) is 0 Å². The topological polar surface area (TPSA) is 30.5 Å². The summed E-state index contributed by atoms with van der Waals surface area (Å²) in [4.78, 5) is 0. The molecular formula is C14H19NO2. The van der Waals surface area contributed by atoms with Gasteiger partial charge in [0.05, 0.1) is 12.7 Å². The minimum absolute atomic E-state index is 0.332. The Kier molecular flexibility index (Phi) is 3.41. The molecule has 1 saturated heterocycles. The quantitative estimate of drug-likeness (QED) is 0.858. The number of ether oxygens (including phenoxy) is 2. The number of nitrogens with one attached hydrogen (secondary N) is 1. The summed E-state index contributed by atoms with van der Waals surface area (Å²) in [6.45, 7) is 3.30. The Balaban J connectivity index is 1.41. The number of benzene rings is 1. The highest BCUT2D eigenvalue weighted by molar-refractivity contribution is 5.40. The fourth-order valence-electron chi connectivity index (χ4n) is 2.63. The predicted molar refractivity (Wildman–Crippen MR) is 66.1 cm³/mol. The van der Waals surface area contributed by atoms with Gasteiger partial charge in [0.25, 0.3) is 0 Å². The maximum atomic E-state index is 5.50. The number of hydrogen-bond acceptors (Lipinski definition) is 3. The highest BCUT2D eigenvalue weighted by Gasteiger charge is 2.25. The number of hydrogen-bond donors (Lipinski definition) is 1. The van der Waals surface area contributed by atoms with E-state index < -0.39 is 0 Å². The van der Waals surface area contributed by atoms with Gasteiger partial charge in [0.1, 0.15) is 6.79 Å². The zero-order valence-corrected chi connectivity index (χ0v) is 10.0. The molecule has 0 amide bonds. The fraction of sp³-hybridized carbons (Fsp3) is 0.571. The molecule has 0 bridgehead atoms. The first kappa shape index (κ1) is 11.2. The molecule has 17 heavy (non-hydrogen) atoms. The molecule has 92 valence electrons. The summed E-state index contributed by atoms with van der Waals surface area (Å²) in [7, 11) is 0. The van der Waals surface area contributed by atoms with Gasteiger partial charge < -0.3 is 14.8 Å². The molecule has 3 heteroatoms. The molecular weight excluding hydrogens is 214 g/mol. The molecule has 1 N–H and O–H groups in total. The molecule has 1 aliphatic carbocycles. The Labute approximate surface area is 102 Å². The van der Waals surface area contributed by atoms with Crippen molar-refractivity contribution >= 4 is 0 Å². The monoisotopic (exact) mass is 233 g/mol. The largest absolute Gasteiger partial charge is 0.355 e. The van der Waals surface area contributed by atoms with E-state index in [1.165, 1.54) is 17.5 Å². The third-order valence-corrected chi connectivity index (χ3v) is 3.70. The summed E-state index contributed by atoms with van der Waals surface area (Å²) >= 11 is 0. The van der Waals surface area contributed by atoms with Crippen molar-refractivity contribution < 1.29 is 9.47 Å². The molecule has 1 aromatic rings. The van der Waals surface area contributed by atoms with E-state index in [2.05, 4.69) is 29.6 Å². The van der Waals surface area contributed by atoms with Crippen molar-refractivity contribution in [2.45, 2.75) is 24.9 Å². The molecule has 1 aliphatic heterocycles. The molecule has 0 spiro atoms. The molecule has 3 nitrogen and oxygen atoms in total. The second kappa shape index (κ2) is 5.17. The van der Waals surface area contributed by atoms with Crippen LogP contribution in [0, 0.1) is 0 Å². The first-order valence-electron chi connectivity index (χ1n) is 6.41. The summed E-state index contributed by atoms with van der Waals surface area (Å²) in [5.41, 5.74) is 3.04. The highest BCUT2D eigenvalue weighted by atomic mass is 16.7. The van der Waals surface area contributed by atoms with E-state index in [1.54, 1.807) is 0 Å². The predicted octanol–water partition coefficient (Wildman–Crippen LogP) is 1.68. The van der Waals surface area contributed by atoms with Crippen molar-refractivity contribution in [1.82, 2.24) is 5.32 Å². The van der Waals surface area contributed by atoms with Gasteiger partial charge in [-0.15, -0.1) is 0 Å². The first-order chi connectivity index (χ1) is 8.43. The summed E-state index contributed by atoms with van der Waals surface area (Å²) in [5, 5.41) is 3.52. The van der Waals surface area contributed by atoms with Gasteiger partial charge in [-0.05, 0) is 24.0 Å². The Bertz CT molecular complexity index is 374. The van der Waals surface area contributed by atoms with Crippen LogP contribution >= 0.6 is 0 Å². The van der Waals surface area contributed by atoms with Crippen LogP contribution in [0.1, 0.15) is 23.5 Å². The minimum atomic E-state index is 0.332. The summed E-state index contributed by atoms with van der Waals surface area (Å²) < 4.78 is 10.7. The van der Waals surface area contributed by atoms with Crippen LogP contribution in [0.5, 0.6) is 0 Å². The minimum Gasteiger partial charge on any atom is -0.355 e. The van der Waals surface area contributed by atoms with Crippen LogP contribution in [0.2, 0.25) is 0 Å². The van der Waals surface area contributed by atoms with E-state index in [4.69, 9.17) is 9.47 Å². The van der Waals surface area contributed by atoms with Crippen molar-refractivity contribution in [2.75, 3.05) is 26.5 Å². The standard InChI is InChI=1S/C14H19NO2/c1-2-4-14-11(3-1)7-12(14)8-15-9-13-5-6-16-10-17-13/h1-4,12-13,15H,5-10H2. The van der Waals surface area contributed by atoms with Crippen LogP contribution in [0.25, 0.3) is 0 Å². The van der Waals surface area contributed by atoms with E-state index in [0.717, 1.165) is 26.1 Å². The molecule has 2 atom stereocenters. The van der Waals surface area contributed by atoms with E-state index in [9.17, 15) is 0 Å². The molecule has 1 aromatic carbocycles. The smallest absolute Gasteiger partial charge is 0.147 e. The zero-order chi connectivity index (χ0) is 11.5. The molecule has 2 unspecified atom stereocenters. The fourth-order valence-corrected chi connectivity index (χ4v) is 2.63. The molecule has 1 heterocycles. The average Bonchev–Trinajstić information content (AvgIpc) is 2.36. The van der Waals surface area contributed by atoms with E-state index >= 15 is 0 Å². The lowest BCUT2D eigenvalue weighted by molar-refractivity contribution is -0.137. The van der Waals surface area contributed by atoms with Gasteiger partial charge in [-0.2, -0.15) is 0 Å². The molecule has 0 saturated carbocycles. The van der Waals surface area contributed by atoms with Crippen LogP contribution in [0.4, 0.5) is 0 Å². The highest BCUT2D eigenvalue weighted by Crippen LogP contribution is 2.33. The maximum absolute atomic E-state index is 5.50. The van der Waals surface area contributed by atoms with Crippen LogP contribution < -0.4 is 5.32 Å². The Morgan fingerprint density at radius 3 is 3.00 bits per heavy atom. The SMILES string of the molecule is c1ccc2c(c1)CC2CNCC1CCOCO1. The normalized spacial score (nSPS) is 27.3. The third kappa shape index (κ3) is 2.51. The molecule has 0 aromatic heterocycles. The van der Waals surface area contributed by atoms with Crippen LogP contribution in [0.3, 0.4) is 0 Å². The van der Waals surface area contributed by atoms with Gasteiger partial charge in [0.2, 0.25) is 0 Å². The van der Waals surface area contributed by atoms with Crippen molar-refractivity contribution in [2.24, 2.45) is 0 Å². The number of fused-ring (bicyclic) bond motifs is 1. The van der Waals surface area contributed by atoms with Crippen molar-refractivity contribution in [1.29, 1.82) is 0 Å². The second-order valence-corrected chi connectivity index (χ2v) is 4.86. The van der Waals surface area contributed by atoms with E-state index in [0.29, 0.717) is 18.8 Å². The lowest BCUT2D eigenvalue weighted by Gasteiger charge is -2.31. The lowest BCUT2D eigenvalue weighted by Crippen LogP contribution is -2.37. The molecule has 3 rings (SSSR count). The van der Waals surface area contributed by atoms with E-state index in [1.807, 2.05) is 0 Å².